The number of nitrogens with zero attached hydrogens (tertiary/aromatic N) is 1. The van der Waals surface area contributed by atoms with Gasteiger partial charge in [0.1, 0.15) is 12.4 Å². The van der Waals surface area contributed by atoms with Crippen molar-refractivity contribution in [1.29, 1.82) is 0 Å². The van der Waals surface area contributed by atoms with Crippen molar-refractivity contribution in [1.82, 2.24) is 0 Å². The van der Waals surface area contributed by atoms with E-state index in [4.69, 9.17) is 4.74 Å². The molecule has 0 aliphatic heterocycles. The highest BCUT2D eigenvalue weighted by molar-refractivity contribution is 5.52. The summed E-state index contributed by atoms with van der Waals surface area (Å²) in [7, 11) is 0. The third-order valence-corrected chi connectivity index (χ3v) is 3.06. The molecular weight excluding hydrogens is 266 g/mol. The van der Waals surface area contributed by atoms with Crippen LogP contribution in [0.4, 0.5) is 0 Å². The van der Waals surface area contributed by atoms with Crippen LogP contribution >= 0.6 is 0 Å². The molecule has 0 aliphatic carbocycles. The Labute approximate surface area is 123 Å². The largest absolute Gasteiger partial charge is 0.489 e. The van der Waals surface area contributed by atoms with Crippen molar-refractivity contribution in [2.75, 3.05) is 0 Å². The number of ether oxygens (including phenoxy) is 1. The molecule has 0 fully saturated rings. The van der Waals surface area contributed by atoms with Crippen molar-refractivity contribution in [3.8, 4) is 5.75 Å². The lowest BCUT2D eigenvalue weighted by Crippen LogP contribution is -1.97. The predicted molar refractivity (Wildman–Crippen MR) is 82.5 cm³/mol. The smallest absolute Gasteiger partial charge is 0.246 e. The minimum absolute atomic E-state index is 0.202. The molecule has 21 heavy (non-hydrogen) atoms. The fourth-order valence-electron chi connectivity index (χ4n) is 1.88. The molecule has 0 heterocycles. The molecule has 0 atom stereocenters. The van der Waals surface area contributed by atoms with Crippen LogP contribution in [0, 0.1) is 10.1 Å². The third-order valence-electron chi connectivity index (χ3n) is 3.06. The average Bonchev–Trinajstić information content (AvgIpc) is 2.52. The molecule has 2 rings (SSSR count). The van der Waals surface area contributed by atoms with E-state index in [1.807, 2.05) is 54.6 Å². The summed E-state index contributed by atoms with van der Waals surface area (Å²) in [6.45, 7) is 2.27. The van der Waals surface area contributed by atoms with Gasteiger partial charge in [-0.2, -0.15) is 0 Å². The van der Waals surface area contributed by atoms with Crippen LogP contribution in [0.3, 0.4) is 0 Å². The molecule has 0 aliphatic rings. The first-order chi connectivity index (χ1) is 10.2. The van der Waals surface area contributed by atoms with Crippen LogP contribution in [0.25, 0.3) is 6.08 Å². The van der Waals surface area contributed by atoms with Gasteiger partial charge >= 0.3 is 0 Å². The zero-order chi connectivity index (χ0) is 15.1. The molecule has 0 saturated carbocycles. The molecule has 4 nitrogen and oxygen atoms in total. The van der Waals surface area contributed by atoms with Crippen LogP contribution in [-0.2, 0) is 6.61 Å². The van der Waals surface area contributed by atoms with Gasteiger partial charge in [-0.25, -0.2) is 0 Å². The van der Waals surface area contributed by atoms with Crippen molar-refractivity contribution in [2.24, 2.45) is 0 Å². The second-order valence-electron chi connectivity index (χ2n) is 4.59. The minimum atomic E-state index is -0.347. The standard InChI is InChI=1S/C17H17NO3/c1-2-16(18(19)20)12-14-8-10-17(11-9-14)21-13-15-6-4-3-5-7-15/h3-12H,2,13H2,1H3/b16-12+. The zero-order valence-electron chi connectivity index (χ0n) is 11.9. The summed E-state index contributed by atoms with van der Waals surface area (Å²) in [5.74, 6) is 0.746. The van der Waals surface area contributed by atoms with Gasteiger partial charge in [-0.15, -0.1) is 0 Å². The second kappa shape index (κ2) is 7.24. The number of hydrogen-bond donors (Lipinski definition) is 0. The van der Waals surface area contributed by atoms with Gasteiger partial charge in [0.15, 0.2) is 0 Å². The van der Waals surface area contributed by atoms with E-state index >= 15 is 0 Å². The van der Waals surface area contributed by atoms with E-state index in [9.17, 15) is 10.1 Å². The Kier molecular flexibility index (Phi) is 5.10. The Bertz CT molecular complexity index is 618. The number of nitro groups is 1. The maximum atomic E-state index is 10.8. The van der Waals surface area contributed by atoms with Gasteiger partial charge in [0.05, 0.1) is 4.92 Å². The Morgan fingerprint density at radius 1 is 1.14 bits per heavy atom. The summed E-state index contributed by atoms with van der Waals surface area (Å²) < 4.78 is 5.67. The molecule has 4 heteroatoms. The van der Waals surface area contributed by atoms with Gasteiger partial charge in [-0.1, -0.05) is 49.4 Å². The maximum absolute atomic E-state index is 10.8. The van der Waals surface area contributed by atoms with Crippen molar-refractivity contribution < 1.29 is 9.66 Å². The molecule has 2 aromatic carbocycles. The fraction of sp³-hybridized carbons (Fsp3) is 0.176. The molecule has 0 spiro atoms. The normalized spacial score (nSPS) is 11.2. The van der Waals surface area contributed by atoms with Crippen molar-refractivity contribution in [3.05, 3.63) is 81.5 Å². The summed E-state index contributed by atoms with van der Waals surface area (Å²) in [5, 5.41) is 10.8. The monoisotopic (exact) mass is 283 g/mol. The molecule has 108 valence electrons. The topological polar surface area (TPSA) is 52.4 Å². The lowest BCUT2D eigenvalue weighted by molar-refractivity contribution is -0.425. The highest BCUT2D eigenvalue weighted by atomic mass is 16.6. The Balaban J connectivity index is 2.00. The summed E-state index contributed by atoms with van der Waals surface area (Å²) in [6.07, 6.45) is 1.99. The summed E-state index contributed by atoms with van der Waals surface area (Å²) in [5.41, 5.74) is 2.10. The minimum Gasteiger partial charge on any atom is -0.489 e. The molecule has 0 bridgehead atoms. The van der Waals surface area contributed by atoms with Gasteiger partial charge < -0.3 is 4.74 Å². The molecule has 0 unspecified atom stereocenters. The third kappa shape index (κ3) is 4.45. The SMILES string of the molecule is CC/C(=C\c1ccc(OCc2ccccc2)cc1)[N+](=O)[O-]. The Morgan fingerprint density at radius 2 is 1.81 bits per heavy atom. The summed E-state index contributed by atoms with van der Waals surface area (Å²) in [4.78, 5) is 10.4. The van der Waals surface area contributed by atoms with E-state index in [2.05, 4.69) is 0 Å². The molecule has 0 aromatic heterocycles. The van der Waals surface area contributed by atoms with E-state index < -0.39 is 0 Å². The number of benzene rings is 2. The first kappa shape index (κ1) is 14.8. The number of rotatable bonds is 6. The number of allylic oxidation sites excluding steroid dienone is 1. The van der Waals surface area contributed by atoms with Crippen LogP contribution < -0.4 is 4.74 Å². The quantitative estimate of drug-likeness (QED) is 0.587. The van der Waals surface area contributed by atoms with E-state index in [0.29, 0.717) is 13.0 Å². The highest BCUT2D eigenvalue weighted by Crippen LogP contribution is 2.17. The fourth-order valence-corrected chi connectivity index (χ4v) is 1.88. The highest BCUT2D eigenvalue weighted by Gasteiger charge is 2.06. The first-order valence-corrected chi connectivity index (χ1v) is 6.81. The lowest BCUT2D eigenvalue weighted by Gasteiger charge is -2.06. The molecule has 0 N–H and O–H groups in total. The molecule has 0 radical (unpaired) electrons. The van der Waals surface area contributed by atoms with Crippen molar-refractivity contribution in [2.45, 2.75) is 20.0 Å². The predicted octanol–water partition coefficient (Wildman–Crippen LogP) is 4.29. The van der Waals surface area contributed by atoms with Crippen molar-refractivity contribution in [3.63, 3.8) is 0 Å². The zero-order valence-corrected chi connectivity index (χ0v) is 11.9. The van der Waals surface area contributed by atoms with Gasteiger partial charge in [0.25, 0.3) is 0 Å². The van der Waals surface area contributed by atoms with Crippen LogP contribution in [0.15, 0.2) is 60.3 Å². The molecule has 0 amide bonds. The maximum Gasteiger partial charge on any atom is 0.246 e. The van der Waals surface area contributed by atoms with Crippen LogP contribution in [0.2, 0.25) is 0 Å². The van der Waals surface area contributed by atoms with Gasteiger partial charge in [-0.3, -0.25) is 10.1 Å². The molecular formula is C17H17NO3. The summed E-state index contributed by atoms with van der Waals surface area (Å²) in [6, 6.07) is 17.2. The molecule has 2 aromatic rings. The van der Waals surface area contributed by atoms with E-state index in [1.54, 1.807) is 13.0 Å². The van der Waals surface area contributed by atoms with E-state index in [-0.39, 0.29) is 10.6 Å². The van der Waals surface area contributed by atoms with E-state index in [0.717, 1.165) is 16.9 Å². The van der Waals surface area contributed by atoms with Gasteiger partial charge in [0.2, 0.25) is 5.70 Å². The van der Waals surface area contributed by atoms with Crippen LogP contribution in [-0.4, -0.2) is 4.92 Å². The Morgan fingerprint density at radius 3 is 2.38 bits per heavy atom. The average molecular weight is 283 g/mol. The van der Waals surface area contributed by atoms with Crippen molar-refractivity contribution >= 4 is 6.08 Å². The lowest BCUT2D eigenvalue weighted by atomic mass is 10.1. The summed E-state index contributed by atoms with van der Waals surface area (Å²) >= 11 is 0. The second-order valence-corrected chi connectivity index (χ2v) is 4.59. The van der Waals surface area contributed by atoms with E-state index in [1.165, 1.54) is 0 Å². The van der Waals surface area contributed by atoms with Gasteiger partial charge in [0, 0.05) is 12.5 Å². The van der Waals surface area contributed by atoms with Crippen LogP contribution in [0.5, 0.6) is 5.75 Å². The van der Waals surface area contributed by atoms with Gasteiger partial charge in [-0.05, 0) is 23.3 Å². The Hall–Kier alpha value is -2.62. The number of hydrogen-bond acceptors (Lipinski definition) is 3. The molecule has 0 saturated heterocycles. The van der Waals surface area contributed by atoms with Crippen LogP contribution in [0.1, 0.15) is 24.5 Å². The first-order valence-electron chi connectivity index (χ1n) is 6.81.